The van der Waals surface area contributed by atoms with Gasteiger partial charge in [0.2, 0.25) is 5.91 Å². The van der Waals surface area contributed by atoms with Crippen LogP contribution in [-0.4, -0.2) is 28.5 Å². The van der Waals surface area contributed by atoms with E-state index in [1.807, 2.05) is 17.5 Å². The normalized spacial score (nSPS) is 15.0. The number of rotatable bonds is 7. The topological polar surface area (TPSA) is 79.3 Å². The highest BCUT2D eigenvalue weighted by molar-refractivity contribution is 7.13. The van der Waals surface area contributed by atoms with E-state index in [0.29, 0.717) is 18.5 Å². The van der Waals surface area contributed by atoms with Crippen LogP contribution in [0.2, 0.25) is 0 Å². The summed E-state index contributed by atoms with van der Waals surface area (Å²) in [6.45, 7) is 2.32. The first-order valence-electron chi connectivity index (χ1n) is 8.06. The fourth-order valence-corrected chi connectivity index (χ4v) is 3.34. The molecule has 1 aromatic carbocycles. The van der Waals surface area contributed by atoms with Crippen molar-refractivity contribution in [2.45, 2.75) is 32.6 Å². The quantitative estimate of drug-likeness (QED) is 0.809. The molecule has 0 unspecified atom stereocenters. The van der Waals surface area contributed by atoms with Gasteiger partial charge in [-0.15, -0.1) is 11.3 Å². The molecule has 1 aliphatic carbocycles. The first-order chi connectivity index (χ1) is 11.5. The molecule has 24 heavy (non-hydrogen) atoms. The van der Waals surface area contributed by atoms with Gasteiger partial charge in [0.1, 0.15) is 5.01 Å². The molecule has 1 amide bonds. The van der Waals surface area contributed by atoms with E-state index >= 15 is 0 Å². The van der Waals surface area contributed by atoms with Gasteiger partial charge in [-0.1, -0.05) is 31.2 Å². The van der Waals surface area contributed by atoms with Crippen LogP contribution in [0.15, 0.2) is 29.6 Å². The molecule has 1 heterocycles. The number of carbonyl (C=O) groups excluding carboxylic acids is 1. The summed E-state index contributed by atoms with van der Waals surface area (Å²) in [5, 5.41) is 14.6. The largest absolute Gasteiger partial charge is 0.481 e. The summed E-state index contributed by atoms with van der Waals surface area (Å²) in [7, 11) is 0. The van der Waals surface area contributed by atoms with E-state index < -0.39 is 11.4 Å². The molecule has 1 aliphatic rings. The van der Waals surface area contributed by atoms with Crippen molar-refractivity contribution in [2.75, 3.05) is 6.54 Å². The number of aliphatic carboxylic acids is 1. The highest BCUT2D eigenvalue weighted by atomic mass is 32.1. The standard InChI is InChI=1S/C18H20N2O3S/c1-2-12-3-5-13(6-4-12)16-20-14(10-24-16)9-15(21)19-11-18(7-8-18)17(22)23/h3-6,10H,2,7-9,11H2,1H3,(H,19,21)(H,22,23). The third-order valence-electron chi connectivity index (χ3n) is 4.43. The zero-order chi connectivity index (χ0) is 17.2. The van der Waals surface area contributed by atoms with Gasteiger partial charge in [-0.25, -0.2) is 4.98 Å². The van der Waals surface area contributed by atoms with Crippen LogP contribution in [0, 0.1) is 5.41 Å². The van der Waals surface area contributed by atoms with Crippen molar-refractivity contribution in [3.8, 4) is 10.6 Å². The third-order valence-corrected chi connectivity index (χ3v) is 5.37. The van der Waals surface area contributed by atoms with Crippen LogP contribution >= 0.6 is 11.3 Å². The fourth-order valence-electron chi connectivity index (χ4n) is 2.52. The van der Waals surface area contributed by atoms with Crippen LogP contribution < -0.4 is 5.32 Å². The molecule has 0 aliphatic heterocycles. The van der Waals surface area contributed by atoms with Gasteiger partial charge < -0.3 is 10.4 Å². The van der Waals surface area contributed by atoms with Gasteiger partial charge in [0.15, 0.2) is 0 Å². The van der Waals surface area contributed by atoms with Crippen molar-refractivity contribution in [2.24, 2.45) is 5.41 Å². The highest BCUT2D eigenvalue weighted by Gasteiger charge is 2.50. The number of amides is 1. The Labute approximate surface area is 144 Å². The Hall–Kier alpha value is -2.21. The zero-order valence-electron chi connectivity index (χ0n) is 13.5. The summed E-state index contributed by atoms with van der Waals surface area (Å²) in [5.74, 6) is -1.00. The van der Waals surface area contributed by atoms with Crippen LogP contribution in [0.25, 0.3) is 10.6 Å². The predicted molar refractivity (Wildman–Crippen MR) is 92.9 cm³/mol. The molecule has 0 bridgehead atoms. The molecule has 1 aromatic heterocycles. The van der Waals surface area contributed by atoms with Gasteiger partial charge in [-0.05, 0) is 24.8 Å². The summed E-state index contributed by atoms with van der Waals surface area (Å²) < 4.78 is 0. The molecular weight excluding hydrogens is 324 g/mol. The number of benzene rings is 1. The van der Waals surface area contributed by atoms with Crippen molar-refractivity contribution in [1.29, 1.82) is 0 Å². The molecule has 2 aromatic rings. The molecule has 1 fully saturated rings. The molecule has 0 spiro atoms. The summed E-state index contributed by atoms with van der Waals surface area (Å²) in [5.41, 5.74) is 2.31. The Morgan fingerprint density at radius 2 is 2.00 bits per heavy atom. The maximum absolute atomic E-state index is 12.0. The second-order valence-corrected chi connectivity index (χ2v) is 7.09. The van der Waals surface area contributed by atoms with Crippen LogP contribution in [-0.2, 0) is 22.4 Å². The first-order valence-corrected chi connectivity index (χ1v) is 8.94. The Bertz CT molecular complexity index is 748. The molecule has 0 atom stereocenters. The van der Waals surface area contributed by atoms with E-state index in [1.165, 1.54) is 16.9 Å². The summed E-state index contributed by atoms with van der Waals surface area (Å²) in [6, 6.07) is 8.27. The Kier molecular flexibility index (Phi) is 4.66. The maximum atomic E-state index is 12.0. The monoisotopic (exact) mass is 344 g/mol. The summed E-state index contributed by atoms with van der Waals surface area (Å²) in [4.78, 5) is 27.6. The third kappa shape index (κ3) is 3.64. The number of aryl methyl sites for hydroxylation is 1. The van der Waals surface area contributed by atoms with Crippen LogP contribution in [0.3, 0.4) is 0 Å². The Morgan fingerprint density at radius 1 is 1.29 bits per heavy atom. The average molecular weight is 344 g/mol. The molecule has 0 saturated heterocycles. The Balaban J connectivity index is 1.57. The average Bonchev–Trinajstić information content (AvgIpc) is 3.26. The van der Waals surface area contributed by atoms with Gasteiger partial charge in [-0.2, -0.15) is 0 Å². The van der Waals surface area contributed by atoms with E-state index in [0.717, 1.165) is 17.0 Å². The number of hydrogen-bond acceptors (Lipinski definition) is 4. The summed E-state index contributed by atoms with van der Waals surface area (Å²) >= 11 is 1.51. The van der Waals surface area contributed by atoms with E-state index in [1.54, 1.807) is 0 Å². The molecule has 0 radical (unpaired) electrons. The number of hydrogen-bond donors (Lipinski definition) is 2. The van der Waals surface area contributed by atoms with E-state index in [-0.39, 0.29) is 18.9 Å². The lowest BCUT2D eigenvalue weighted by Gasteiger charge is -2.10. The number of carboxylic acid groups (broad SMARTS) is 1. The molecule has 3 rings (SSSR count). The lowest BCUT2D eigenvalue weighted by atomic mass is 10.1. The Morgan fingerprint density at radius 3 is 2.58 bits per heavy atom. The number of carboxylic acids is 1. The van der Waals surface area contributed by atoms with Gasteiger partial charge >= 0.3 is 5.97 Å². The fraction of sp³-hybridized carbons (Fsp3) is 0.389. The number of nitrogens with one attached hydrogen (secondary N) is 1. The zero-order valence-corrected chi connectivity index (χ0v) is 14.4. The smallest absolute Gasteiger partial charge is 0.311 e. The highest BCUT2D eigenvalue weighted by Crippen LogP contribution is 2.45. The van der Waals surface area contributed by atoms with Crippen LogP contribution in [0.1, 0.15) is 31.0 Å². The molecule has 6 heteroatoms. The van der Waals surface area contributed by atoms with Crippen molar-refractivity contribution in [1.82, 2.24) is 10.3 Å². The lowest BCUT2D eigenvalue weighted by molar-refractivity contribution is -0.143. The van der Waals surface area contributed by atoms with Crippen molar-refractivity contribution in [3.63, 3.8) is 0 Å². The number of aromatic nitrogens is 1. The van der Waals surface area contributed by atoms with E-state index in [2.05, 4.69) is 29.4 Å². The number of thiazole rings is 1. The molecular formula is C18H20N2O3S. The molecule has 5 nitrogen and oxygen atoms in total. The number of nitrogens with zero attached hydrogens (tertiary/aromatic N) is 1. The minimum Gasteiger partial charge on any atom is -0.481 e. The van der Waals surface area contributed by atoms with Gasteiger partial charge in [0.25, 0.3) is 0 Å². The van der Waals surface area contributed by atoms with Crippen molar-refractivity contribution >= 4 is 23.2 Å². The lowest BCUT2D eigenvalue weighted by Crippen LogP contribution is -2.35. The van der Waals surface area contributed by atoms with Crippen LogP contribution in [0.4, 0.5) is 0 Å². The van der Waals surface area contributed by atoms with Crippen LogP contribution in [0.5, 0.6) is 0 Å². The number of carbonyl (C=O) groups is 2. The second kappa shape index (κ2) is 6.73. The minimum absolute atomic E-state index is 0.180. The van der Waals surface area contributed by atoms with Crippen molar-refractivity contribution < 1.29 is 14.7 Å². The van der Waals surface area contributed by atoms with Gasteiger partial charge in [-0.3, -0.25) is 9.59 Å². The SMILES string of the molecule is CCc1ccc(-c2nc(CC(=O)NCC3(C(=O)O)CC3)cs2)cc1. The van der Waals surface area contributed by atoms with Crippen molar-refractivity contribution in [3.05, 3.63) is 40.9 Å². The predicted octanol–water partition coefficient (Wildman–Crippen LogP) is 2.90. The maximum Gasteiger partial charge on any atom is 0.311 e. The minimum atomic E-state index is -0.825. The second-order valence-electron chi connectivity index (χ2n) is 6.23. The molecule has 126 valence electrons. The first kappa shape index (κ1) is 16.6. The van der Waals surface area contributed by atoms with E-state index in [4.69, 9.17) is 5.11 Å². The van der Waals surface area contributed by atoms with E-state index in [9.17, 15) is 9.59 Å². The molecule has 1 saturated carbocycles. The summed E-state index contributed by atoms with van der Waals surface area (Å²) in [6.07, 6.45) is 2.45. The molecule has 2 N–H and O–H groups in total. The van der Waals surface area contributed by atoms with Gasteiger partial charge in [0.05, 0.1) is 17.5 Å². The van der Waals surface area contributed by atoms with Gasteiger partial charge in [0, 0.05) is 17.5 Å².